The zero-order chi connectivity index (χ0) is 29.3. The molecule has 0 spiro atoms. The molecular formula is C26H38N6O7. The van der Waals surface area contributed by atoms with E-state index in [1.807, 2.05) is 24.3 Å². The number of aromatic amines is 1. The topological polar surface area (TPSA) is 230 Å². The van der Waals surface area contributed by atoms with Crippen molar-refractivity contribution in [1.82, 2.24) is 20.9 Å². The molecule has 0 saturated heterocycles. The van der Waals surface area contributed by atoms with Crippen molar-refractivity contribution in [2.45, 2.75) is 76.7 Å². The van der Waals surface area contributed by atoms with Gasteiger partial charge in [-0.3, -0.25) is 19.2 Å². The number of carboxylic acid groups (broad SMARTS) is 1. The van der Waals surface area contributed by atoms with Crippen LogP contribution in [0.3, 0.4) is 0 Å². The Hall–Kier alpha value is -3.97. The Morgan fingerprint density at radius 3 is 2.18 bits per heavy atom. The molecule has 0 aliphatic rings. The lowest BCUT2D eigenvalue weighted by Gasteiger charge is -2.26. The van der Waals surface area contributed by atoms with Crippen LogP contribution in [0.15, 0.2) is 30.5 Å². The molecule has 2 aromatic rings. The molecule has 39 heavy (non-hydrogen) atoms. The van der Waals surface area contributed by atoms with Crippen LogP contribution >= 0.6 is 0 Å². The van der Waals surface area contributed by atoms with E-state index in [9.17, 15) is 34.2 Å². The van der Waals surface area contributed by atoms with Gasteiger partial charge >= 0.3 is 5.97 Å². The van der Waals surface area contributed by atoms with Crippen molar-refractivity contribution < 1.29 is 34.2 Å². The van der Waals surface area contributed by atoms with Crippen LogP contribution in [0.4, 0.5) is 0 Å². The summed E-state index contributed by atoms with van der Waals surface area (Å²) in [6, 6.07) is 2.36. The molecule has 5 unspecified atom stereocenters. The van der Waals surface area contributed by atoms with E-state index in [1.54, 1.807) is 20.0 Å². The second-order valence-corrected chi connectivity index (χ2v) is 9.99. The number of rotatable bonds is 15. The van der Waals surface area contributed by atoms with Gasteiger partial charge in [-0.05, 0) is 43.7 Å². The standard InChI is InChI=1S/C26H38N6O7/c1-13(2)10-20(26(38)39)31-24(36)19(8-9-21(28)34)30-25(37)22(14(3)33)32-23(35)17(27)11-15-12-29-18-7-5-4-6-16(15)18/h4-7,12-14,17,19-20,22,29,33H,8-11,27H2,1-3H3,(H2,28,34)(H,30,37)(H,31,36)(H,32,35)(H,38,39). The van der Waals surface area contributed by atoms with Crippen LogP contribution in [-0.2, 0) is 30.4 Å². The molecule has 0 bridgehead atoms. The fraction of sp³-hybridized carbons (Fsp3) is 0.500. The van der Waals surface area contributed by atoms with Crippen molar-refractivity contribution in [3.63, 3.8) is 0 Å². The highest BCUT2D eigenvalue weighted by Gasteiger charge is 2.33. The predicted octanol–water partition coefficient (Wildman–Crippen LogP) is -0.731. The SMILES string of the molecule is CC(C)CC(NC(=O)C(CCC(N)=O)NC(=O)C(NC(=O)C(N)Cc1c[nH]c2ccccc12)C(C)O)C(=O)O. The van der Waals surface area contributed by atoms with Crippen LogP contribution in [0.2, 0.25) is 0 Å². The summed E-state index contributed by atoms with van der Waals surface area (Å²) in [5.41, 5.74) is 13.0. The van der Waals surface area contributed by atoms with Crippen LogP contribution < -0.4 is 27.4 Å². The summed E-state index contributed by atoms with van der Waals surface area (Å²) in [6.07, 6.45) is 0.158. The summed E-state index contributed by atoms with van der Waals surface area (Å²) in [5.74, 6) is -4.50. The van der Waals surface area contributed by atoms with Crippen LogP contribution in [0, 0.1) is 5.92 Å². The van der Waals surface area contributed by atoms with Gasteiger partial charge in [-0.1, -0.05) is 32.0 Å². The number of aliphatic carboxylic acids is 1. The Kier molecular flexibility index (Phi) is 11.4. The summed E-state index contributed by atoms with van der Waals surface area (Å²) in [6.45, 7) is 4.85. The van der Waals surface area contributed by atoms with E-state index in [0.29, 0.717) is 0 Å². The van der Waals surface area contributed by atoms with Crippen LogP contribution in [0.25, 0.3) is 10.9 Å². The van der Waals surface area contributed by atoms with E-state index in [4.69, 9.17) is 11.5 Å². The number of primary amides is 1. The van der Waals surface area contributed by atoms with Crippen LogP contribution in [-0.4, -0.2) is 75.1 Å². The van der Waals surface area contributed by atoms with Crippen LogP contribution in [0.5, 0.6) is 0 Å². The van der Waals surface area contributed by atoms with Gasteiger partial charge in [0.05, 0.1) is 12.1 Å². The molecule has 1 heterocycles. The van der Waals surface area contributed by atoms with Crippen molar-refractivity contribution in [3.05, 3.63) is 36.0 Å². The summed E-state index contributed by atoms with van der Waals surface area (Å²) >= 11 is 0. The second kappa shape index (κ2) is 14.3. The number of fused-ring (bicyclic) bond motifs is 1. The number of nitrogens with two attached hydrogens (primary N) is 2. The number of benzene rings is 1. The first-order valence-electron chi connectivity index (χ1n) is 12.7. The number of aromatic nitrogens is 1. The number of nitrogens with one attached hydrogen (secondary N) is 4. The first kappa shape index (κ1) is 31.2. The fourth-order valence-corrected chi connectivity index (χ4v) is 4.08. The maximum Gasteiger partial charge on any atom is 0.326 e. The van der Waals surface area contributed by atoms with Crippen molar-refractivity contribution in [2.75, 3.05) is 0 Å². The predicted molar refractivity (Wildman–Crippen MR) is 143 cm³/mol. The average molecular weight is 547 g/mol. The monoisotopic (exact) mass is 546 g/mol. The highest BCUT2D eigenvalue weighted by atomic mass is 16.4. The first-order chi connectivity index (χ1) is 18.3. The molecule has 1 aromatic carbocycles. The highest BCUT2D eigenvalue weighted by molar-refractivity contribution is 5.95. The molecule has 0 fully saturated rings. The van der Waals surface area contributed by atoms with Crippen molar-refractivity contribution in [3.8, 4) is 0 Å². The van der Waals surface area contributed by atoms with Gasteiger partial charge in [0.2, 0.25) is 23.6 Å². The molecule has 10 N–H and O–H groups in total. The smallest absolute Gasteiger partial charge is 0.326 e. The molecule has 1 aromatic heterocycles. The van der Waals surface area contributed by atoms with E-state index in [-0.39, 0.29) is 31.6 Å². The molecule has 5 atom stereocenters. The molecule has 13 nitrogen and oxygen atoms in total. The molecule has 214 valence electrons. The number of hydrogen-bond donors (Lipinski definition) is 8. The van der Waals surface area contributed by atoms with Gasteiger partial charge in [0, 0.05) is 23.5 Å². The van der Waals surface area contributed by atoms with Gasteiger partial charge in [0.1, 0.15) is 18.1 Å². The third-order valence-corrected chi connectivity index (χ3v) is 6.15. The quantitative estimate of drug-likeness (QED) is 0.142. The number of para-hydroxylation sites is 1. The second-order valence-electron chi connectivity index (χ2n) is 9.99. The molecule has 13 heteroatoms. The van der Waals surface area contributed by atoms with Gasteiger partial charge in [0.15, 0.2) is 0 Å². The van der Waals surface area contributed by atoms with Crippen molar-refractivity contribution in [1.29, 1.82) is 0 Å². The number of amides is 4. The first-order valence-corrected chi connectivity index (χ1v) is 12.7. The van der Waals surface area contributed by atoms with E-state index in [0.717, 1.165) is 16.5 Å². The number of hydrogen-bond acceptors (Lipinski definition) is 7. The van der Waals surface area contributed by atoms with E-state index < -0.39 is 59.9 Å². The third-order valence-electron chi connectivity index (χ3n) is 6.15. The van der Waals surface area contributed by atoms with Gasteiger partial charge in [0.25, 0.3) is 0 Å². The molecule has 0 aliphatic carbocycles. The van der Waals surface area contributed by atoms with Gasteiger partial charge in [-0.2, -0.15) is 0 Å². The van der Waals surface area contributed by atoms with Crippen molar-refractivity contribution >= 4 is 40.5 Å². The van der Waals surface area contributed by atoms with Gasteiger partial charge in [-0.25, -0.2) is 4.79 Å². The summed E-state index contributed by atoms with van der Waals surface area (Å²) in [7, 11) is 0. The molecule has 0 saturated carbocycles. The molecular weight excluding hydrogens is 508 g/mol. The Balaban J connectivity index is 2.12. The number of H-pyrrole nitrogens is 1. The average Bonchev–Trinajstić information content (AvgIpc) is 3.26. The zero-order valence-corrected chi connectivity index (χ0v) is 22.3. The van der Waals surface area contributed by atoms with Crippen molar-refractivity contribution in [2.24, 2.45) is 17.4 Å². The zero-order valence-electron chi connectivity index (χ0n) is 22.3. The number of carbonyl (C=O) groups excluding carboxylic acids is 4. The maximum atomic E-state index is 13.0. The van der Waals surface area contributed by atoms with Crippen LogP contribution in [0.1, 0.15) is 45.6 Å². The lowest BCUT2D eigenvalue weighted by Crippen LogP contribution is -2.60. The third kappa shape index (κ3) is 9.37. The number of carbonyl (C=O) groups is 5. The molecule has 4 amide bonds. The lowest BCUT2D eigenvalue weighted by atomic mass is 10.0. The van der Waals surface area contributed by atoms with E-state index >= 15 is 0 Å². The largest absolute Gasteiger partial charge is 0.480 e. The molecule has 0 radical (unpaired) electrons. The molecule has 2 rings (SSSR count). The van der Waals surface area contributed by atoms with E-state index in [1.165, 1.54) is 6.92 Å². The van der Waals surface area contributed by atoms with E-state index in [2.05, 4.69) is 20.9 Å². The Morgan fingerprint density at radius 2 is 1.59 bits per heavy atom. The fourth-order valence-electron chi connectivity index (χ4n) is 4.08. The summed E-state index contributed by atoms with van der Waals surface area (Å²) in [5, 5.41) is 27.7. The minimum absolute atomic E-state index is 0.0478. The Labute approximate surface area is 226 Å². The minimum Gasteiger partial charge on any atom is -0.480 e. The number of aliphatic hydroxyl groups is 1. The number of carboxylic acids is 1. The lowest BCUT2D eigenvalue weighted by molar-refractivity contribution is -0.143. The Morgan fingerprint density at radius 1 is 0.949 bits per heavy atom. The van der Waals surface area contributed by atoms with Gasteiger partial charge in [-0.15, -0.1) is 0 Å². The maximum absolute atomic E-state index is 13.0. The minimum atomic E-state index is -1.48. The normalized spacial score (nSPS) is 15.1. The highest BCUT2D eigenvalue weighted by Crippen LogP contribution is 2.19. The summed E-state index contributed by atoms with van der Waals surface area (Å²) in [4.78, 5) is 64.8. The van der Waals surface area contributed by atoms with Gasteiger partial charge < -0.3 is 42.6 Å². The number of aliphatic hydroxyl groups excluding tert-OH is 1. The Bertz CT molecular complexity index is 1180. The molecule has 0 aliphatic heterocycles. The summed E-state index contributed by atoms with van der Waals surface area (Å²) < 4.78 is 0.